The summed E-state index contributed by atoms with van der Waals surface area (Å²) >= 11 is 0. The van der Waals surface area contributed by atoms with Gasteiger partial charge in [-0.1, -0.05) is 31.5 Å². The van der Waals surface area contributed by atoms with E-state index in [2.05, 4.69) is 32.3 Å². The van der Waals surface area contributed by atoms with E-state index in [1.807, 2.05) is 48.0 Å². The van der Waals surface area contributed by atoms with Crippen molar-refractivity contribution in [3.05, 3.63) is 75.7 Å². The molecule has 4 aromatic rings. The first-order valence-electron chi connectivity index (χ1n) is 12.4. The number of H-pyrrole nitrogens is 1. The van der Waals surface area contributed by atoms with Crippen molar-refractivity contribution in [1.29, 1.82) is 0 Å². The van der Waals surface area contributed by atoms with Crippen LogP contribution in [0.25, 0.3) is 10.9 Å². The zero-order chi connectivity index (χ0) is 24.2. The van der Waals surface area contributed by atoms with Crippen molar-refractivity contribution in [2.75, 3.05) is 6.61 Å². The Labute approximate surface area is 204 Å². The third-order valence-electron chi connectivity index (χ3n) is 6.74. The maximum atomic E-state index is 13.1. The van der Waals surface area contributed by atoms with Gasteiger partial charge in [0, 0.05) is 18.7 Å². The molecule has 1 saturated heterocycles. The average molecular weight is 477 g/mol. The molecule has 1 aromatic carbocycles. The molecular formula is C26H32N6O3. The minimum absolute atomic E-state index is 0.0783. The van der Waals surface area contributed by atoms with Crippen molar-refractivity contribution >= 4 is 10.9 Å². The van der Waals surface area contributed by atoms with Gasteiger partial charge in [0.1, 0.15) is 5.76 Å². The zero-order valence-corrected chi connectivity index (χ0v) is 20.3. The van der Waals surface area contributed by atoms with E-state index in [0.717, 1.165) is 60.3 Å². The van der Waals surface area contributed by atoms with Crippen molar-refractivity contribution < 1.29 is 9.15 Å². The first kappa shape index (κ1) is 23.4. The summed E-state index contributed by atoms with van der Waals surface area (Å²) in [4.78, 5) is 18.5. The van der Waals surface area contributed by atoms with Gasteiger partial charge in [0.2, 0.25) is 0 Å². The minimum atomic E-state index is -0.0888. The molecule has 0 unspecified atom stereocenters. The number of furan rings is 1. The number of rotatable bonds is 10. The molecule has 2 atom stereocenters. The topological polar surface area (TPSA) is 102 Å². The number of nitrogens with zero attached hydrogens (tertiary/aromatic N) is 5. The molecule has 9 nitrogen and oxygen atoms in total. The molecule has 0 amide bonds. The second-order valence-electron chi connectivity index (χ2n) is 9.31. The van der Waals surface area contributed by atoms with Gasteiger partial charge in [-0.2, -0.15) is 0 Å². The van der Waals surface area contributed by atoms with Gasteiger partial charge in [0.25, 0.3) is 5.56 Å². The van der Waals surface area contributed by atoms with Crippen LogP contribution in [0.2, 0.25) is 0 Å². The average Bonchev–Trinajstić information content (AvgIpc) is 3.63. The monoisotopic (exact) mass is 476 g/mol. The Balaban J connectivity index is 1.50. The number of nitrogens with one attached hydrogen (secondary N) is 1. The quantitative estimate of drug-likeness (QED) is 0.367. The predicted molar refractivity (Wildman–Crippen MR) is 132 cm³/mol. The van der Waals surface area contributed by atoms with E-state index in [1.54, 1.807) is 6.26 Å². The summed E-state index contributed by atoms with van der Waals surface area (Å²) in [6, 6.07) is 11.8. The number of hydrogen-bond acceptors (Lipinski definition) is 7. The molecule has 1 N–H and O–H groups in total. The van der Waals surface area contributed by atoms with Crippen LogP contribution in [-0.2, 0) is 24.4 Å². The van der Waals surface area contributed by atoms with Crippen LogP contribution < -0.4 is 5.56 Å². The summed E-state index contributed by atoms with van der Waals surface area (Å²) in [5.41, 5.74) is 2.56. The lowest BCUT2D eigenvalue weighted by atomic mass is 10.1. The number of aryl methyl sites for hydroxylation is 1. The molecule has 1 aliphatic heterocycles. The van der Waals surface area contributed by atoms with Gasteiger partial charge in [0.05, 0.1) is 37.0 Å². The van der Waals surface area contributed by atoms with E-state index >= 15 is 0 Å². The van der Waals surface area contributed by atoms with E-state index in [4.69, 9.17) is 9.15 Å². The Bertz CT molecular complexity index is 1310. The normalized spacial score (nSPS) is 16.9. The second kappa shape index (κ2) is 10.5. The molecule has 184 valence electrons. The van der Waals surface area contributed by atoms with Crippen LogP contribution in [-0.4, -0.2) is 42.8 Å². The molecule has 3 aromatic heterocycles. The molecule has 0 aliphatic carbocycles. The first-order valence-corrected chi connectivity index (χ1v) is 12.4. The summed E-state index contributed by atoms with van der Waals surface area (Å²) in [5, 5.41) is 13.8. The molecule has 0 radical (unpaired) electrons. The largest absolute Gasteiger partial charge is 0.468 e. The standard InChI is InChI=1S/C26H32N6O3/c1-3-7-23(25-28-29-30-32(25)17-22-11-6-13-35-22)31(16-21-10-5-12-34-21)15-20-14-19-9-4-8-18(2)24(19)27-26(20)33/h4-5,8-10,12,14,22-23H,3,6-7,11,13,15-17H2,1-2H3,(H,27,33)/t22-,23+/m1/s1. The number of aromatic amines is 1. The highest BCUT2D eigenvalue weighted by Crippen LogP contribution is 2.29. The number of para-hydroxylation sites is 1. The maximum Gasteiger partial charge on any atom is 0.252 e. The third kappa shape index (κ3) is 5.21. The maximum absolute atomic E-state index is 13.1. The zero-order valence-electron chi connectivity index (χ0n) is 20.3. The van der Waals surface area contributed by atoms with Crippen LogP contribution in [0.5, 0.6) is 0 Å². The number of fused-ring (bicyclic) bond motifs is 1. The summed E-state index contributed by atoms with van der Waals surface area (Å²) in [6.07, 6.45) is 5.67. The summed E-state index contributed by atoms with van der Waals surface area (Å²) in [6.45, 7) is 6.56. The van der Waals surface area contributed by atoms with Crippen molar-refractivity contribution in [3.8, 4) is 0 Å². The molecule has 1 aliphatic rings. The van der Waals surface area contributed by atoms with Crippen LogP contribution in [0, 0.1) is 6.92 Å². The lowest BCUT2D eigenvalue weighted by Gasteiger charge is -2.30. The van der Waals surface area contributed by atoms with Gasteiger partial charge in [-0.25, -0.2) is 4.68 Å². The highest BCUT2D eigenvalue weighted by molar-refractivity contribution is 5.81. The van der Waals surface area contributed by atoms with Crippen molar-refractivity contribution in [1.82, 2.24) is 30.1 Å². The van der Waals surface area contributed by atoms with Gasteiger partial charge >= 0.3 is 0 Å². The van der Waals surface area contributed by atoms with E-state index in [1.165, 1.54) is 0 Å². The minimum Gasteiger partial charge on any atom is -0.468 e. The summed E-state index contributed by atoms with van der Waals surface area (Å²) < 4.78 is 13.4. The lowest BCUT2D eigenvalue weighted by Crippen LogP contribution is -2.33. The number of pyridine rings is 1. The molecular weight excluding hydrogens is 444 g/mol. The van der Waals surface area contributed by atoms with Crippen molar-refractivity contribution in [2.45, 2.75) is 71.3 Å². The fraction of sp³-hybridized carbons (Fsp3) is 0.462. The molecule has 1 fully saturated rings. The Morgan fingerprint density at radius 3 is 2.94 bits per heavy atom. The Hall–Kier alpha value is -3.30. The first-order chi connectivity index (χ1) is 17.1. The Morgan fingerprint density at radius 1 is 1.26 bits per heavy atom. The number of aromatic nitrogens is 5. The van der Waals surface area contributed by atoms with Gasteiger partial charge in [0.15, 0.2) is 5.82 Å². The Morgan fingerprint density at radius 2 is 2.17 bits per heavy atom. The third-order valence-corrected chi connectivity index (χ3v) is 6.74. The molecule has 9 heteroatoms. The highest BCUT2D eigenvalue weighted by atomic mass is 16.5. The SMILES string of the molecule is CCC[C@@H](c1nnnn1C[C@H]1CCCO1)N(Cc1ccco1)Cc1cc2cccc(C)c2[nH]c1=O. The molecule has 0 saturated carbocycles. The van der Waals surface area contributed by atoms with Crippen LogP contribution in [0.4, 0.5) is 0 Å². The number of ether oxygens (including phenoxy) is 1. The van der Waals surface area contributed by atoms with Crippen molar-refractivity contribution in [3.63, 3.8) is 0 Å². The van der Waals surface area contributed by atoms with Gasteiger partial charge in [-0.3, -0.25) is 9.69 Å². The van der Waals surface area contributed by atoms with Crippen LogP contribution in [0.3, 0.4) is 0 Å². The van der Waals surface area contributed by atoms with Crippen molar-refractivity contribution in [2.24, 2.45) is 0 Å². The Kier molecular flexibility index (Phi) is 7.06. The van der Waals surface area contributed by atoms with Crippen LogP contribution in [0.15, 0.2) is 51.9 Å². The van der Waals surface area contributed by atoms with Gasteiger partial charge in [-0.15, -0.1) is 5.10 Å². The number of benzene rings is 1. The predicted octanol–water partition coefficient (Wildman–Crippen LogP) is 4.14. The van der Waals surface area contributed by atoms with Crippen LogP contribution in [0.1, 0.15) is 61.4 Å². The molecule has 5 rings (SSSR count). The highest BCUT2D eigenvalue weighted by Gasteiger charge is 2.29. The second-order valence-corrected chi connectivity index (χ2v) is 9.31. The summed E-state index contributed by atoms with van der Waals surface area (Å²) in [5.74, 6) is 1.62. The molecule has 0 spiro atoms. The van der Waals surface area contributed by atoms with Crippen LogP contribution >= 0.6 is 0 Å². The molecule has 35 heavy (non-hydrogen) atoms. The van der Waals surface area contributed by atoms with Gasteiger partial charge in [-0.05, 0) is 65.8 Å². The number of hydrogen-bond donors (Lipinski definition) is 1. The molecule has 4 heterocycles. The fourth-order valence-corrected chi connectivity index (χ4v) is 4.95. The lowest BCUT2D eigenvalue weighted by molar-refractivity contribution is 0.0878. The van der Waals surface area contributed by atoms with E-state index < -0.39 is 0 Å². The number of tetrazole rings is 1. The summed E-state index contributed by atoms with van der Waals surface area (Å²) in [7, 11) is 0. The van der Waals surface area contributed by atoms with E-state index in [9.17, 15) is 4.79 Å². The molecule has 0 bridgehead atoms. The van der Waals surface area contributed by atoms with Gasteiger partial charge < -0.3 is 14.1 Å². The fourth-order valence-electron chi connectivity index (χ4n) is 4.95. The smallest absolute Gasteiger partial charge is 0.252 e. The van der Waals surface area contributed by atoms with E-state index in [-0.39, 0.29) is 17.7 Å². The van der Waals surface area contributed by atoms with E-state index in [0.29, 0.717) is 25.2 Å².